The minimum absolute atomic E-state index is 0.0907. The van der Waals surface area contributed by atoms with Gasteiger partial charge < -0.3 is 14.8 Å². The number of amides is 1. The SMILES string of the molecule is COc1ccc(N(CCCC(=O)NC[C@@H]2CCCO2)S(C)(=O)=O)cc1Cl. The third-order valence-corrected chi connectivity index (χ3v) is 5.63. The molecular weight excluding hydrogens is 380 g/mol. The fraction of sp³-hybridized carbons (Fsp3) is 0.588. The lowest BCUT2D eigenvalue weighted by molar-refractivity contribution is -0.121. The molecule has 1 aromatic carbocycles. The first kappa shape index (κ1) is 20.8. The van der Waals surface area contributed by atoms with Crippen LogP contribution >= 0.6 is 11.6 Å². The first-order valence-electron chi connectivity index (χ1n) is 8.51. The van der Waals surface area contributed by atoms with E-state index in [1.54, 1.807) is 18.2 Å². The lowest BCUT2D eigenvalue weighted by atomic mass is 10.2. The van der Waals surface area contributed by atoms with Crippen LogP contribution in [0.25, 0.3) is 0 Å². The molecule has 0 unspecified atom stereocenters. The van der Waals surface area contributed by atoms with Crippen molar-refractivity contribution in [3.05, 3.63) is 23.2 Å². The van der Waals surface area contributed by atoms with Gasteiger partial charge in [-0.2, -0.15) is 0 Å². The number of benzene rings is 1. The Balaban J connectivity index is 1.90. The molecule has 0 radical (unpaired) electrons. The maximum Gasteiger partial charge on any atom is 0.232 e. The number of ether oxygens (including phenoxy) is 2. The highest BCUT2D eigenvalue weighted by Gasteiger charge is 2.20. The van der Waals surface area contributed by atoms with Gasteiger partial charge in [0.05, 0.1) is 30.2 Å². The van der Waals surface area contributed by atoms with Gasteiger partial charge in [0, 0.05) is 26.1 Å². The number of carbonyl (C=O) groups excluding carboxylic acids is 1. The van der Waals surface area contributed by atoms with Crippen molar-refractivity contribution in [2.75, 3.05) is 37.4 Å². The summed E-state index contributed by atoms with van der Waals surface area (Å²) in [5, 5.41) is 3.16. The number of hydrogen-bond acceptors (Lipinski definition) is 5. The zero-order chi connectivity index (χ0) is 19.2. The van der Waals surface area contributed by atoms with Gasteiger partial charge in [-0.3, -0.25) is 9.10 Å². The van der Waals surface area contributed by atoms with Gasteiger partial charge in [0.2, 0.25) is 15.9 Å². The van der Waals surface area contributed by atoms with Gasteiger partial charge >= 0.3 is 0 Å². The highest BCUT2D eigenvalue weighted by atomic mass is 35.5. The molecule has 2 rings (SSSR count). The van der Waals surface area contributed by atoms with E-state index in [1.807, 2.05) is 0 Å². The van der Waals surface area contributed by atoms with E-state index < -0.39 is 10.0 Å². The average molecular weight is 405 g/mol. The van der Waals surface area contributed by atoms with Gasteiger partial charge in [0.1, 0.15) is 5.75 Å². The minimum Gasteiger partial charge on any atom is -0.495 e. The molecular formula is C17H25ClN2O5S. The summed E-state index contributed by atoms with van der Waals surface area (Å²) in [7, 11) is -2.00. The Bertz CT molecular complexity index is 720. The van der Waals surface area contributed by atoms with E-state index in [4.69, 9.17) is 21.1 Å². The molecule has 0 aliphatic carbocycles. The maximum atomic E-state index is 12.1. The number of hydrogen-bond donors (Lipinski definition) is 1. The normalized spacial score (nSPS) is 17.1. The molecule has 0 spiro atoms. The quantitative estimate of drug-likeness (QED) is 0.681. The minimum atomic E-state index is -3.50. The first-order chi connectivity index (χ1) is 12.3. The predicted octanol–water partition coefficient (Wildman–Crippen LogP) is 2.19. The van der Waals surface area contributed by atoms with Crippen molar-refractivity contribution >= 4 is 33.2 Å². The van der Waals surface area contributed by atoms with Crippen LogP contribution in [0, 0.1) is 0 Å². The van der Waals surface area contributed by atoms with E-state index in [0.29, 0.717) is 29.4 Å². The Labute approximate surface area is 159 Å². The molecule has 26 heavy (non-hydrogen) atoms. The van der Waals surface area contributed by atoms with Crippen LogP contribution in [-0.2, 0) is 19.6 Å². The van der Waals surface area contributed by atoms with E-state index in [1.165, 1.54) is 11.4 Å². The molecule has 1 atom stereocenters. The summed E-state index contributed by atoms with van der Waals surface area (Å²) >= 11 is 6.09. The third-order valence-electron chi connectivity index (χ3n) is 4.14. The molecule has 1 saturated heterocycles. The predicted molar refractivity (Wildman–Crippen MR) is 101 cm³/mol. The number of rotatable bonds is 9. The Hall–Kier alpha value is -1.51. The van der Waals surface area contributed by atoms with Gasteiger partial charge in [-0.1, -0.05) is 11.6 Å². The summed E-state index contributed by atoms with van der Waals surface area (Å²) in [5.41, 5.74) is 0.443. The van der Waals surface area contributed by atoms with Gasteiger partial charge in [-0.25, -0.2) is 8.42 Å². The highest BCUT2D eigenvalue weighted by Crippen LogP contribution is 2.30. The third kappa shape index (κ3) is 6.03. The van der Waals surface area contributed by atoms with E-state index in [0.717, 1.165) is 25.7 Å². The number of nitrogens with zero attached hydrogens (tertiary/aromatic N) is 1. The molecule has 1 N–H and O–H groups in total. The Morgan fingerprint density at radius 1 is 1.46 bits per heavy atom. The summed E-state index contributed by atoms with van der Waals surface area (Å²) in [4.78, 5) is 11.9. The Morgan fingerprint density at radius 2 is 2.23 bits per heavy atom. The lowest BCUT2D eigenvalue weighted by Gasteiger charge is -2.23. The summed E-state index contributed by atoms with van der Waals surface area (Å²) < 4.78 is 36.0. The molecule has 0 aromatic heterocycles. The van der Waals surface area contributed by atoms with Crippen molar-refractivity contribution in [1.82, 2.24) is 5.32 Å². The van der Waals surface area contributed by atoms with E-state index in [9.17, 15) is 13.2 Å². The molecule has 0 saturated carbocycles. The fourth-order valence-corrected chi connectivity index (χ4v) is 4.01. The van der Waals surface area contributed by atoms with Crippen LogP contribution in [0.4, 0.5) is 5.69 Å². The molecule has 7 nitrogen and oxygen atoms in total. The monoisotopic (exact) mass is 404 g/mol. The van der Waals surface area contributed by atoms with Gasteiger partial charge in [0.25, 0.3) is 0 Å². The van der Waals surface area contributed by atoms with Gasteiger partial charge in [-0.15, -0.1) is 0 Å². The molecule has 1 aromatic rings. The van der Waals surface area contributed by atoms with Crippen LogP contribution in [0.1, 0.15) is 25.7 Å². The number of sulfonamides is 1. The molecule has 1 aliphatic rings. The van der Waals surface area contributed by atoms with Crippen LogP contribution in [0.15, 0.2) is 18.2 Å². The van der Waals surface area contributed by atoms with Gasteiger partial charge in [0.15, 0.2) is 0 Å². The number of methoxy groups -OCH3 is 1. The first-order valence-corrected chi connectivity index (χ1v) is 10.7. The van der Waals surface area contributed by atoms with E-state index in [2.05, 4.69) is 5.32 Å². The average Bonchev–Trinajstić information content (AvgIpc) is 3.09. The summed E-state index contributed by atoms with van der Waals surface area (Å²) in [6, 6.07) is 4.78. The Morgan fingerprint density at radius 3 is 2.81 bits per heavy atom. The van der Waals surface area contributed by atoms with Gasteiger partial charge in [-0.05, 0) is 37.5 Å². The second kappa shape index (κ2) is 9.43. The molecule has 9 heteroatoms. The van der Waals surface area contributed by atoms with Crippen molar-refractivity contribution in [3.8, 4) is 5.75 Å². The number of nitrogens with one attached hydrogen (secondary N) is 1. The largest absolute Gasteiger partial charge is 0.495 e. The molecule has 1 fully saturated rings. The smallest absolute Gasteiger partial charge is 0.232 e. The topological polar surface area (TPSA) is 84.9 Å². The molecule has 1 aliphatic heterocycles. The van der Waals surface area contributed by atoms with E-state index in [-0.39, 0.29) is 25.0 Å². The molecule has 0 bridgehead atoms. The zero-order valence-electron chi connectivity index (χ0n) is 15.0. The standard InChI is InChI=1S/C17H25ClN2O5S/c1-24-16-8-7-13(11-15(16)18)20(26(2,22)23)9-3-6-17(21)19-12-14-5-4-10-25-14/h7-8,11,14H,3-6,9-10,12H2,1-2H3,(H,19,21)/t14-/m0/s1. The van der Waals surface area contributed by atoms with Crippen molar-refractivity contribution in [1.29, 1.82) is 0 Å². The highest BCUT2D eigenvalue weighted by molar-refractivity contribution is 7.92. The van der Waals surface area contributed by atoms with E-state index >= 15 is 0 Å². The Kier molecular flexibility index (Phi) is 7.55. The zero-order valence-corrected chi connectivity index (χ0v) is 16.6. The maximum absolute atomic E-state index is 12.1. The molecule has 146 valence electrons. The summed E-state index contributed by atoms with van der Waals surface area (Å²) in [6.07, 6.45) is 3.83. The van der Waals surface area contributed by atoms with Crippen molar-refractivity contribution < 1.29 is 22.7 Å². The number of halogens is 1. The fourth-order valence-electron chi connectivity index (χ4n) is 2.80. The second-order valence-electron chi connectivity index (χ2n) is 6.20. The van der Waals surface area contributed by atoms with Crippen molar-refractivity contribution in [3.63, 3.8) is 0 Å². The van der Waals surface area contributed by atoms with Crippen LogP contribution in [0.2, 0.25) is 5.02 Å². The molecule has 1 amide bonds. The van der Waals surface area contributed by atoms with Crippen LogP contribution in [0.3, 0.4) is 0 Å². The lowest BCUT2D eigenvalue weighted by Crippen LogP contribution is -2.34. The summed E-state index contributed by atoms with van der Waals surface area (Å²) in [6.45, 7) is 1.44. The second-order valence-corrected chi connectivity index (χ2v) is 8.51. The van der Waals surface area contributed by atoms with Crippen LogP contribution < -0.4 is 14.4 Å². The van der Waals surface area contributed by atoms with Crippen LogP contribution in [0.5, 0.6) is 5.75 Å². The van der Waals surface area contributed by atoms with Crippen molar-refractivity contribution in [2.45, 2.75) is 31.8 Å². The summed E-state index contributed by atoms with van der Waals surface area (Å²) in [5.74, 6) is 0.360. The number of anilines is 1. The van der Waals surface area contributed by atoms with Crippen LogP contribution in [-0.4, -0.2) is 53.5 Å². The molecule has 1 heterocycles. The number of carbonyl (C=O) groups is 1. The van der Waals surface area contributed by atoms with Crippen molar-refractivity contribution in [2.24, 2.45) is 0 Å².